The molecule has 0 saturated carbocycles. The molecule has 0 spiro atoms. The molecule has 5 nitrogen and oxygen atoms in total. The summed E-state index contributed by atoms with van der Waals surface area (Å²) >= 11 is 6.06. The maximum Gasteiger partial charge on any atom is 0.322 e. The van der Waals surface area contributed by atoms with Crippen LogP contribution >= 0.6 is 11.6 Å². The molecule has 1 aromatic carbocycles. The summed E-state index contributed by atoms with van der Waals surface area (Å²) in [7, 11) is 0. The van der Waals surface area contributed by atoms with Gasteiger partial charge >= 0.3 is 5.97 Å². The number of nitrogens with one attached hydrogen (secondary N) is 1. The molecule has 0 saturated heterocycles. The molecule has 0 atom stereocenters. The number of carboxylic acids is 1. The van der Waals surface area contributed by atoms with Gasteiger partial charge in [-0.1, -0.05) is 17.7 Å². The smallest absolute Gasteiger partial charge is 0.322 e. The van der Waals surface area contributed by atoms with Crippen molar-refractivity contribution in [2.75, 3.05) is 6.54 Å². The number of rotatable bonds is 5. The van der Waals surface area contributed by atoms with Crippen molar-refractivity contribution in [3.63, 3.8) is 0 Å². The molecule has 0 aliphatic carbocycles. The molecule has 1 heterocycles. The van der Waals surface area contributed by atoms with Gasteiger partial charge < -0.3 is 15.0 Å². The fraction of sp³-hybridized carbons (Fsp3) is 0.231. The lowest BCUT2D eigenvalue weighted by Gasteiger charge is -2.06. The van der Waals surface area contributed by atoms with E-state index in [0.717, 1.165) is 10.9 Å². The largest absolute Gasteiger partial charge is 0.480 e. The van der Waals surface area contributed by atoms with E-state index in [4.69, 9.17) is 16.7 Å². The summed E-state index contributed by atoms with van der Waals surface area (Å²) in [6.07, 6.45) is 2.09. The maximum atomic E-state index is 11.4. The van der Waals surface area contributed by atoms with Crippen molar-refractivity contribution in [2.24, 2.45) is 0 Å². The van der Waals surface area contributed by atoms with Gasteiger partial charge in [0.2, 0.25) is 5.91 Å². The van der Waals surface area contributed by atoms with Gasteiger partial charge in [-0.2, -0.15) is 0 Å². The first-order valence-electron chi connectivity index (χ1n) is 5.80. The number of fused-ring (bicyclic) bond motifs is 1. The maximum absolute atomic E-state index is 11.4. The average Bonchev–Trinajstić information content (AvgIpc) is 2.78. The summed E-state index contributed by atoms with van der Waals surface area (Å²) in [6, 6.07) is 7.49. The molecule has 0 unspecified atom stereocenters. The number of hydrogen-bond acceptors (Lipinski definition) is 2. The van der Waals surface area contributed by atoms with Crippen LogP contribution < -0.4 is 5.32 Å². The molecule has 2 rings (SSSR count). The summed E-state index contributed by atoms with van der Waals surface area (Å²) in [5.41, 5.74) is 0.957. The second kappa shape index (κ2) is 5.75. The molecule has 1 aromatic heterocycles. The van der Waals surface area contributed by atoms with Crippen molar-refractivity contribution in [1.29, 1.82) is 0 Å². The Labute approximate surface area is 114 Å². The number of carboxylic acid groups (broad SMARTS) is 1. The van der Waals surface area contributed by atoms with Crippen LogP contribution in [0, 0.1) is 0 Å². The Hall–Kier alpha value is -2.01. The Morgan fingerprint density at radius 3 is 2.84 bits per heavy atom. The van der Waals surface area contributed by atoms with Crippen molar-refractivity contribution >= 4 is 34.4 Å². The molecular formula is C13H13ClN2O3. The van der Waals surface area contributed by atoms with Crippen LogP contribution in [0.5, 0.6) is 0 Å². The lowest BCUT2D eigenvalue weighted by atomic mass is 10.2. The number of amides is 1. The third-order valence-electron chi connectivity index (χ3n) is 2.78. The zero-order valence-electron chi connectivity index (χ0n) is 10.1. The lowest BCUT2D eigenvalue weighted by Crippen LogP contribution is -2.29. The van der Waals surface area contributed by atoms with Gasteiger partial charge in [0, 0.05) is 35.1 Å². The fourth-order valence-electron chi connectivity index (χ4n) is 1.87. The van der Waals surface area contributed by atoms with E-state index in [9.17, 15) is 9.59 Å². The van der Waals surface area contributed by atoms with Crippen LogP contribution in [0.15, 0.2) is 30.5 Å². The van der Waals surface area contributed by atoms with Crippen molar-refractivity contribution in [3.8, 4) is 0 Å². The van der Waals surface area contributed by atoms with Crippen LogP contribution in [-0.4, -0.2) is 28.1 Å². The number of carbonyl (C=O) groups excluding carboxylic acids is 1. The Morgan fingerprint density at radius 2 is 2.11 bits per heavy atom. The van der Waals surface area contributed by atoms with Crippen LogP contribution in [0.25, 0.3) is 10.9 Å². The second-order valence-corrected chi connectivity index (χ2v) is 4.51. The number of nitrogens with zero attached hydrogens (tertiary/aromatic N) is 1. The Balaban J connectivity index is 2.00. The molecule has 19 heavy (non-hydrogen) atoms. The van der Waals surface area contributed by atoms with Crippen LogP contribution in [0.4, 0.5) is 0 Å². The number of aryl methyl sites for hydroxylation is 1. The first-order chi connectivity index (χ1) is 9.08. The number of carbonyl (C=O) groups is 2. The van der Waals surface area contributed by atoms with E-state index >= 15 is 0 Å². The van der Waals surface area contributed by atoms with E-state index in [1.54, 1.807) is 0 Å². The van der Waals surface area contributed by atoms with Gasteiger partial charge in [0.1, 0.15) is 6.54 Å². The van der Waals surface area contributed by atoms with Crippen molar-refractivity contribution in [2.45, 2.75) is 13.0 Å². The standard InChI is InChI=1S/C13H13ClN2O3/c14-10-2-1-3-11-9(10)4-6-16(11)7-5-12(17)15-8-13(18)19/h1-4,6H,5,7-8H2,(H,15,17)(H,18,19). The first kappa shape index (κ1) is 13.4. The molecule has 0 radical (unpaired) electrons. The highest BCUT2D eigenvalue weighted by Crippen LogP contribution is 2.24. The molecule has 1 amide bonds. The minimum Gasteiger partial charge on any atom is -0.480 e. The molecule has 0 fully saturated rings. The predicted molar refractivity (Wildman–Crippen MR) is 72.2 cm³/mol. The van der Waals surface area contributed by atoms with Gasteiger partial charge in [0.15, 0.2) is 0 Å². The van der Waals surface area contributed by atoms with Gasteiger partial charge in [-0.05, 0) is 18.2 Å². The molecule has 0 aliphatic heterocycles. The molecule has 2 N–H and O–H groups in total. The van der Waals surface area contributed by atoms with Crippen LogP contribution in [0.1, 0.15) is 6.42 Å². The molecule has 2 aromatic rings. The van der Waals surface area contributed by atoms with Crippen LogP contribution in [0.2, 0.25) is 5.02 Å². The van der Waals surface area contributed by atoms with Gasteiger partial charge in [-0.15, -0.1) is 0 Å². The zero-order chi connectivity index (χ0) is 13.8. The SMILES string of the molecule is O=C(O)CNC(=O)CCn1ccc2c(Cl)cccc21. The minimum absolute atomic E-state index is 0.226. The fourth-order valence-corrected chi connectivity index (χ4v) is 2.10. The number of aromatic nitrogens is 1. The van der Waals surface area contributed by atoms with Gasteiger partial charge in [0.25, 0.3) is 0 Å². The van der Waals surface area contributed by atoms with E-state index in [2.05, 4.69) is 5.32 Å². The molecule has 6 heteroatoms. The Kier molecular flexibility index (Phi) is 4.06. The summed E-state index contributed by atoms with van der Waals surface area (Å²) in [5.74, 6) is -1.34. The molecule has 100 valence electrons. The number of halogens is 1. The van der Waals surface area contributed by atoms with Crippen molar-refractivity contribution in [1.82, 2.24) is 9.88 Å². The van der Waals surface area contributed by atoms with E-state index in [0.29, 0.717) is 11.6 Å². The zero-order valence-corrected chi connectivity index (χ0v) is 10.9. The number of aliphatic carboxylic acids is 1. The van der Waals surface area contributed by atoms with Crippen LogP contribution in [-0.2, 0) is 16.1 Å². The lowest BCUT2D eigenvalue weighted by molar-refractivity contribution is -0.137. The molecular weight excluding hydrogens is 268 g/mol. The average molecular weight is 281 g/mol. The Bertz CT molecular complexity index is 621. The summed E-state index contributed by atoms with van der Waals surface area (Å²) < 4.78 is 1.92. The first-order valence-corrected chi connectivity index (χ1v) is 6.17. The number of benzene rings is 1. The van der Waals surface area contributed by atoms with E-state index in [-0.39, 0.29) is 18.9 Å². The van der Waals surface area contributed by atoms with Crippen molar-refractivity contribution in [3.05, 3.63) is 35.5 Å². The highest BCUT2D eigenvalue weighted by molar-refractivity contribution is 6.35. The van der Waals surface area contributed by atoms with E-state index < -0.39 is 5.97 Å². The summed E-state index contributed by atoms with van der Waals surface area (Å²) in [4.78, 5) is 21.7. The van der Waals surface area contributed by atoms with Gasteiger partial charge in [0.05, 0.1) is 0 Å². The highest BCUT2D eigenvalue weighted by Gasteiger charge is 2.07. The summed E-state index contributed by atoms with van der Waals surface area (Å²) in [6.45, 7) is 0.131. The third-order valence-corrected chi connectivity index (χ3v) is 3.11. The van der Waals surface area contributed by atoms with E-state index in [1.165, 1.54) is 0 Å². The quantitative estimate of drug-likeness (QED) is 0.878. The van der Waals surface area contributed by atoms with Gasteiger partial charge in [-0.3, -0.25) is 9.59 Å². The third kappa shape index (κ3) is 3.26. The van der Waals surface area contributed by atoms with Crippen LogP contribution in [0.3, 0.4) is 0 Å². The predicted octanol–water partition coefficient (Wildman–Crippen LogP) is 1.89. The second-order valence-electron chi connectivity index (χ2n) is 4.10. The normalized spacial score (nSPS) is 10.6. The van der Waals surface area contributed by atoms with Gasteiger partial charge in [-0.25, -0.2) is 0 Å². The highest BCUT2D eigenvalue weighted by atomic mass is 35.5. The monoisotopic (exact) mass is 280 g/mol. The number of hydrogen-bond donors (Lipinski definition) is 2. The van der Waals surface area contributed by atoms with Crippen molar-refractivity contribution < 1.29 is 14.7 Å². The topological polar surface area (TPSA) is 71.3 Å². The molecule has 0 bridgehead atoms. The molecule has 0 aliphatic rings. The Morgan fingerprint density at radius 1 is 1.32 bits per heavy atom. The minimum atomic E-state index is -1.05. The van der Waals surface area contributed by atoms with E-state index in [1.807, 2.05) is 35.0 Å². The summed E-state index contributed by atoms with van der Waals surface area (Å²) in [5, 5.41) is 12.4.